The van der Waals surface area contributed by atoms with Crippen LogP contribution in [0, 0.1) is 5.92 Å². The molecule has 0 fully saturated rings. The van der Waals surface area contributed by atoms with Crippen molar-refractivity contribution in [2.24, 2.45) is 13.0 Å². The maximum Gasteiger partial charge on any atom is 0.269 e. The van der Waals surface area contributed by atoms with E-state index in [-0.39, 0.29) is 12.5 Å². The summed E-state index contributed by atoms with van der Waals surface area (Å²) in [6.45, 7) is 4.91. The Bertz CT molecular complexity index is 395. The van der Waals surface area contributed by atoms with Gasteiger partial charge in [-0.2, -0.15) is 5.10 Å². The number of nitrogens with zero attached hydrogens (tertiary/aromatic N) is 2. The lowest BCUT2D eigenvalue weighted by Crippen LogP contribution is -2.31. The Morgan fingerprint density at radius 2 is 2.21 bits per heavy atom. The van der Waals surface area contributed by atoms with Crippen molar-refractivity contribution in [3.8, 4) is 0 Å². The average Bonchev–Trinajstić information content (AvgIpc) is 2.77. The van der Waals surface area contributed by atoms with Gasteiger partial charge in [-0.1, -0.05) is 20.3 Å². The Balaban J connectivity index is 2.55. The van der Waals surface area contributed by atoms with Crippen LogP contribution in [0.1, 0.15) is 49.3 Å². The van der Waals surface area contributed by atoms with Crippen LogP contribution in [0.5, 0.6) is 0 Å². The predicted octanol–water partition coefficient (Wildman–Crippen LogP) is 1.51. The number of hydrogen-bond donors (Lipinski definition) is 2. The van der Waals surface area contributed by atoms with Gasteiger partial charge >= 0.3 is 0 Å². The molecule has 1 amide bonds. The van der Waals surface area contributed by atoms with Crippen LogP contribution >= 0.6 is 0 Å². The van der Waals surface area contributed by atoms with E-state index >= 15 is 0 Å². The molecule has 0 aromatic carbocycles. The summed E-state index contributed by atoms with van der Waals surface area (Å²) >= 11 is 0. The number of amides is 1. The summed E-state index contributed by atoms with van der Waals surface area (Å²) in [6.07, 6.45) is 3.64. The summed E-state index contributed by atoms with van der Waals surface area (Å²) in [5, 5.41) is 16.2. The maximum atomic E-state index is 12.1. The molecule has 0 aliphatic rings. The Morgan fingerprint density at radius 3 is 2.74 bits per heavy atom. The molecule has 5 heteroatoms. The highest BCUT2D eigenvalue weighted by atomic mass is 16.3. The molecule has 1 atom stereocenters. The molecule has 0 bridgehead atoms. The molecule has 0 saturated heterocycles. The molecule has 1 aromatic heterocycles. The number of carbonyl (C=O) groups is 1. The second-order valence-corrected chi connectivity index (χ2v) is 4.88. The Hall–Kier alpha value is -1.36. The molecular formula is C14H25N3O2. The smallest absolute Gasteiger partial charge is 0.269 e. The van der Waals surface area contributed by atoms with Crippen molar-refractivity contribution in [1.82, 2.24) is 15.1 Å². The van der Waals surface area contributed by atoms with E-state index in [1.54, 1.807) is 11.7 Å². The van der Waals surface area contributed by atoms with Gasteiger partial charge in [0.05, 0.1) is 5.69 Å². The zero-order valence-corrected chi connectivity index (χ0v) is 12.1. The van der Waals surface area contributed by atoms with Crippen molar-refractivity contribution in [1.29, 1.82) is 0 Å². The fourth-order valence-electron chi connectivity index (χ4n) is 2.18. The molecule has 1 heterocycles. The van der Waals surface area contributed by atoms with Crippen molar-refractivity contribution < 1.29 is 9.90 Å². The third-order valence-electron chi connectivity index (χ3n) is 3.31. The summed E-state index contributed by atoms with van der Waals surface area (Å²) in [4.78, 5) is 12.1. The first-order valence-electron chi connectivity index (χ1n) is 7.04. The normalized spacial score (nSPS) is 12.4. The van der Waals surface area contributed by atoms with Crippen LogP contribution in [-0.4, -0.2) is 33.9 Å². The van der Waals surface area contributed by atoms with E-state index in [1.165, 1.54) is 0 Å². The molecule has 1 aromatic rings. The Labute approximate surface area is 115 Å². The van der Waals surface area contributed by atoms with E-state index < -0.39 is 0 Å². The van der Waals surface area contributed by atoms with Gasteiger partial charge < -0.3 is 10.4 Å². The third-order valence-corrected chi connectivity index (χ3v) is 3.31. The number of rotatable bonds is 8. The first-order chi connectivity index (χ1) is 9.12. The van der Waals surface area contributed by atoms with Crippen LogP contribution in [0.3, 0.4) is 0 Å². The Kier molecular flexibility index (Phi) is 6.56. The van der Waals surface area contributed by atoms with Crippen molar-refractivity contribution in [3.05, 3.63) is 17.5 Å². The number of carbonyl (C=O) groups excluding carboxylic acids is 1. The quantitative estimate of drug-likeness (QED) is 0.750. The van der Waals surface area contributed by atoms with Gasteiger partial charge in [-0.05, 0) is 31.2 Å². The predicted molar refractivity (Wildman–Crippen MR) is 75.0 cm³/mol. The maximum absolute atomic E-state index is 12.1. The molecular weight excluding hydrogens is 242 g/mol. The third kappa shape index (κ3) is 4.67. The standard InChI is InChI=1S/C14H25N3O2/c1-4-6-11(7-8-18)10-15-14(19)13-9-12(5-2)16-17(13)3/h9,11,18H,4-8,10H2,1-3H3,(H,15,19). The summed E-state index contributed by atoms with van der Waals surface area (Å²) in [5.41, 5.74) is 1.52. The zero-order valence-electron chi connectivity index (χ0n) is 12.1. The monoisotopic (exact) mass is 267 g/mol. The molecule has 0 radical (unpaired) electrons. The zero-order chi connectivity index (χ0) is 14.3. The molecule has 19 heavy (non-hydrogen) atoms. The van der Waals surface area contributed by atoms with Gasteiger partial charge in [-0.25, -0.2) is 0 Å². The molecule has 1 unspecified atom stereocenters. The van der Waals surface area contributed by atoms with E-state index in [1.807, 2.05) is 13.0 Å². The first kappa shape index (κ1) is 15.7. The average molecular weight is 267 g/mol. The molecule has 108 valence electrons. The van der Waals surface area contributed by atoms with Crippen LogP contribution in [0.15, 0.2) is 6.07 Å². The number of aryl methyl sites for hydroxylation is 2. The molecule has 2 N–H and O–H groups in total. The van der Waals surface area contributed by atoms with Crippen molar-refractivity contribution in [2.75, 3.05) is 13.2 Å². The molecule has 1 rings (SSSR count). The van der Waals surface area contributed by atoms with Gasteiger partial charge in [-0.3, -0.25) is 9.48 Å². The van der Waals surface area contributed by atoms with E-state index in [9.17, 15) is 4.79 Å². The lowest BCUT2D eigenvalue weighted by atomic mass is 10.0. The van der Waals surface area contributed by atoms with Crippen molar-refractivity contribution in [2.45, 2.75) is 39.5 Å². The molecule has 0 aliphatic carbocycles. The highest BCUT2D eigenvalue weighted by molar-refractivity contribution is 5.92. The molecule has 5 nitrogen and oxygen atoms in total. The number of aliphatic hydroxyl groups is 1. The minimum absolute atomic E-state index is 0.0891. The number of aromatic nitrogens is 2. The van der Waals surface area contributed by atoms with Gasteiger partial charge in [0.1, 0.15) is 5.69 Å². The molecule has 0 spiro atoms. The van der Waals surface area contributed by atoms with Gasteiger partial charge in [0.25, 0.3) is 5.91 Å². The second kappa shape index (κ2) is 7.94. The highest BCUT2D eigenvalue weighted by Gasteiger charge is 2.14. The summed E-state index contributed by atoms with van der Waals surface area (Å²) in [7, 11) is 1.78. The summed E-state index contributed by atoms with van der Waals surface area (Å²) < 4.78 is 1.62. The topological polar surface area (TPSA) is 67.2 Å². The van der Waals surface area contributed by atoms with E-state index in [0.29, 0.717) is 18.2 Å². The summed E-state index contributed by atoms with van der Waals surface area (Å²) in [6, 6.07) is 1.83. The van der Waals surface area contributed by atoms with Crippen LogP contribution in [-0.2, 0) is 13.5 Å². The number of hydrogen-bond acceptors (Lipinski definition) is 3. The van der Waals surface area contributed by atoms with Crippen LogP contribution in [0.2, 0.25) is 0 Å². The largest absolute Gasteiger partial charge is 0.396 e. The van der Waals surface area contributed by atoms with Gasteiger partial charge in [0.15, 0.2) is 0 Å². The van der Waals surface area contributed by atoms with Crippen molar-refractivity contribution in [3.63, 3.8) is 0 Å². The van der Waals surface area contributed by atoms with Crippen LogP contribution < -0.4 is 5.32 Å². The van der Waals surface area contributed by atoms with Gasteiger partial charge in [0.2, 0.25) is 0 Å². The molecule has 0 aliphatic heterocycles. The second-order valence-electron chi connectivity index (χ2n) is 4.88. The fraction of sp³-hybridized carbons (Fsp3) is 0.714. The minimum atomic E-state index is -0.0891. The summed E-state index contributed by atoms with van der Waals surface area (Å²) in [5.74, 6) is 0.256. The minimum Gasteiger partial charge on any atom is -0.396 e. The number of nitrogens with one attached hydrogen (secondary N) is 1. The highest BCUT2D eigenvalue weighted by Crippen LogP contribution is 2.10. The lowest BCUT2D eigenvalue weighted by molar-refractivity contribution is 0.0933. The van der Waals surface area contributed by atoms with Crippen LogP contribution in [0.25, 0.3) is 0 Å². The lowest BCUT2D eigenvalue weighted by Gasteiger charge is -2.15. The van der Waals surface area contributed by atoms with E-state index in [4.69, 9.17) is 5.11 Å². The van der Waals surface area contributed by atoms with E-state index in [2.05, 4.69) is 17.3 Å². The Morgan fingerprint density at radius 1 is 1.47 bits per heavy atom. The first-order valence-corrected chi connectivity index (χ1v) is 7.04. The van der Waals surface area contributed by atoms with Crippen molar-refractivity contribution >= 4 is 5.91 Å². The van der Waals surface area contributed by atoms with Gasteiger partial charge in [-0.15, -0.1) is 0 Å². The fourth-order valence-corrected chi connectivity index (χ4v) is 2.18. The number of aliphatic hydroxyl groups excluding tert-OH is 1. The molecule has 0 saturated carbocycles. The van der Waals surface area contributed by atoms with E-state index in [0.717, 1.165) is 31.4 Å². The van der Waals surface area contributed by atoms with Gasteiger partial charge in [0, 0.05) is 20.2 Å². The SMILES string of the molecule is CCCC(CCO)CNC(=O)c1cc(CC)nn1C. The van der Waals surface area contributed by atoms with Crippen LogP contribution in [0.4, 0.5) is 0 Å².